The van der Waals surface area contributed by atoms with E-state index in [2.05, 4.69) is 69.4 Å². The van der Waals surface area contributed by atoms with E-state index in [0.717, 1.165) is 83.5 Å². The number of rotatable bonds is 34. The molecule has 0 heterocycles. The zero-order chi connectivity index (χ0) is 35.2. The molecule has 6 nitrogen and oxygen atoms in total. The Labute approximate surface area is 295 Å². The lowest BCUT2D eigenvalue weighted by Crippen LogP contribution is -2.30. The number of unbranched alkanes of at least 4 members (excludes halogenated alkanes) is 15. The molecule has 0 aromatic heterocycles. The van der Waals surface area contributed by atoms with Gasteiger partial charge in [0.25, 0.3) is 0 Å². The summed E-state index contributed by atoms with van der Waals surface area (Å²) in [5.41, 5.74) is 0. The van der Waals surface area contributed by atoms with Gasteiger partial charge in [0.1, 0.15) is 13.2 Å². The second-order valence-electron chi connectivity index (χ2n) is 12.8. The Morgan fingerprint density at radius 1 is 0.438 bits per heavy atom. The summed E-state index contributed by atoms with van der Waals surface area (Å²) in [7, 11) is 0. The smallest absolute Gasteiger partial charge is 0.306 e. The molecule has 1 unspecified atom stereocenters. The summed E-state index contributed by atoms with van der Waals surface area (Å²) in [6.07, 6.45) is 41.1. The van der Waals surface area contributed by atoms with Crippen LogP contribution in [-0.4, -0.2) is 37.2 Å². The SMILES string of the molecule is CC/C=C\C/C=C\C/C=C\CCCC(=O)OCC(COC(=O)CCCCCCCCCCC)OC(=O)CCCCCC/C=C\CCCC. The fraction of sp³-hybridized carbons (Fsp3) is 0.738. The van der Waals surface area contributed by atoms with Crippen molar-refractivity contribution in [1.29, 1.82) is 0 Å². The van der Waals surface area contributed by atoms with E-state index in [9.17, 15) is 14.4 Å². The summed E-state index contributed by atoms with van der Waals surface area (Å²) in [4.78, 5) is 37.4. The molecule has 0 saturated heterocycles. The summed E-state index contributed by atoms with van der Waals surface area (Å²) >= 11 is 0. The number of ether oxygens (including phenoxy) is 3. The molecule has 48 heavy (non-hydrogen) atoms. The normalized spacial score (nSPS) is 12.5. The van der Waals surface area contributed by atoms with Crippen molar-refractivity contribution >= 4 is 17.9 Å². The highest BCUT2D eigenvalue weighted by Crippen LogP contribution is 2.12. The summed E-state index contributed by atoms with van der Waals surface area (Å²) in [5, 5.41) is 0. The van der Waals surface area contributed by atoms with E-state index in [1.165, 1.54) is 51.4 Å². The van der Waals surface area contributed by atoms with Crippen molar-refractivity contribution < 1.29 is 28.6 Å². The Morgan fingerprint density at radius 2 is 0.854 bits per heavy atom. The minimum Gasteiger partial charge on any atom is -0.462 e. The lowest BCUT2D eigenvalue weighted by molar-refractivity contribution is -0.167. The lowest BCUT2D eigenvalue weighted by atomic mass is 10.1. The first-order valence-corrected chi connectivity index (χ1v) is 19.6. The van der Waals surface area contributed by atoms with Crippen LogP contribution in [0.5, 0.6) is 0 Å². The van der Waals surface area contributed by atoms with Gasteiger partial charge >= 0.3 is 17.9 Å². The van der Waals surface area contributed by atoms with Crippen LogP contribution in [0.15, 0.2) is 48.6 Å². The lowest BCUT2D eigenvalue weighted by Gasteiger charge is -2.18. The molecule has 0 radical (unpaired) electrons. The number of hydrogen-bond donors (Lipinski definition) is 0. The van der Waals surface area contributed by atoms with Crippen molar-refractivity contribution in [2.75, 3.05) is 13.2 Å². The zero-order valence-electron chi connectivity index (χ0n) is 31.2. The Kier molecular flexibility index (Phi) is 35.2. The van der Waals surface area contributed by atoms with Crippen LogP contribution in [0.1, 0.15) is 181 Å². The van der Waals surface area contributed by atoms with Gasteiger partial charge in [-0.25, -0.2) is 0 Å². The van der Waals surface area contributed by atoms with Crippen molar-refractivity contribution in [3.05, 3.63) is 48.6 Å². The van der Waals surface area contributed by atoms with Crippen molar-refractivity contribution in [2.45, 2.75) is 187 Å². The number of carbonyl (C=O) groups excluding carboxylic acids is 3. The van der Waals surface area contributed by atoms with Crippen molar-refractivity contribution in [3.8, 4) is 0 Å². The van der Waals surface area contributed by atoms with Gasteiger partial charge in [-0.05, 0) is 64.2 Å². The third-order valence-electron chi connectivity index (χ3n) is 8.07. The Hall–Kier alpha value is -2.63. The second kappa shape index (κ2) is 37.2. The van der Waals surface area contributed by atoms with Crippen LogP contribution in [0.25, 0.3) is 0 Å². The van der Waals surface area contributed by atoms with E-state index in [1.54, 1.807) is 0 Å². The van der Waals surface area contributed by atoms with Gasteiger partial charge in [-0.3, -0.25) is 14.4 Å². The third kappa shape index (κ3) is 34.7. The molecule has 1 atom stereocenters. The van der Waals surface area contributed by atoms with Gasteiger partial charge in [0.2, 0.25) is 0 Å². The summed E-state index contributed by atoms with van der Waals surface area (Å²) in [6, 6.07) is 0. The van der Waals surface area contributed by atoms with Crippen molar-refractivity contribution in [2.24, 2.45) is 0 Å². The van der Waals surface area contributed by atoms with Crippen molar-refractivity contribution in [3.63, 3.8) is 0 Å². The van der Waals surface area contributed by atoms with E-state index < -0.39 is 6.10 Å². The molecule has 0 fully saturated rings. The monoisotopic (exact) mass is 673 g/mol. The summed E-state index contributed by atoms with van der Waals surface area (Å²) in [6.45, 7) is 6.36. The molecule has 0 rings (SSSR count). The summed E-state index contributed by atoms with van der Waals surface area (Å²) < 4.78 is 16.5. The number of carbonyl (C=O) groups is 3. The van der Waals surface area contributed by atoms with E-state index in [0.29, 0.717) is 19.3 Å². The molecular weight excluding hydrogens is 600 g/mol. The molecule has 0 aliphatic rings. The molecule has 276 valence electrons. The Morgan fingerprint density at radius 3 is 1.44 bits per heavy atom. The highest BCUT2D eigenvalue weighted by molar-refractivity contribution is 5.71. The van der Waals surface area contributed by atoms with E-state index in [-0.39, 0.29) is 37.5 Å². The minimum absolute atomic E-state index is 0.0931. The molecule has 0 aliphatic heterocycles. The maximum atomic E-state index is 12.6. The molecule has 0 aromatic carbocycles. The third-order valence-corrected chi connectivity index (χ3v) is 8.07. The first kappa shape index (κ1) is 45.4. The minimum atomic E-state index is -0.791. The largest absolute Gasteiger partial charge is 0.462 e. The summed E-state index contributed by atoms with van der Waals surface area (Å²) in [5.74, 6) is -0.976. The van der Waals surface area contributed by atoms with Gasteiger partial charge in [0, 0.05) is 19.3 Å². The number of esters is 3. The van der Waals surface area contributed by atoms with E-state index in [4.69, 9.17) is 14.2 Å². The van der Waals surface area contributed by atoms with Crippen LogP contribution in [0.2, 0.25) is 0 Å². The van der Waals surface area contributed by atoms with Gasteiger partial charge in [-0.15, -0.1) is 0 Å². The molecule has 0 N–H and O–H groups in total. The highest BCUT2D eigenvalue weighted by atomic mass is 16.6. The number of hydrogen-bond acceptors (Lipinski definition) is 6. The Balaban J connectivity index is 4.47. The zero-order valence-corrected chi connectivity index (χ0v) is 31.2. The van der Waals surface area contributed by atoms with Crippen LogP contribution >= 0.6 is 0 Å². The molecule has 0 amide bonds. The maximum absolute atomic E-state index is 12.6. The molecule has 0 bridgehead atoms. The van der Waals surface area contributed by atoms with Crippen LogP contribution in [-0.2, 0) is 28.6 Å². The van der Waals surface area contributed by atoms with Gasteiger partial charge in [-0.1, -0.05) is 146 Å². The molecule has 0 aromatic rings. The average molecular weight is 673 g/mol. The van der Waals surface area contributed by atoms with Crippen LogP contribution in [0, 0.1) is 0 Å². The fourth-order valence-electron chi connectivity index (χ4n) is 5.09. The standard InChI is InChI=1S/C42H72O6/c1-4-7-10-13-16-19-21-24-26-29-32-35-41(44)47-38-39(37-46-40(43)34-31-28-25-22-18-15-12-9-6-3)48-42(45)36-33-30-27-23-20-17-14-11-8-5-2/h7,10,14,16-17,19,24,26,39H,4-6,8-9,11-13,15,18,20-23,25,27-38H2,1-3H3/b10-7-,17-14-,19-16-,26-24-. The average Bonchev–Trinajstić information content (AvgIpc) is 3.08. The van der Waals surface area contributed by atoms with Crippen LogP contribution < -0.4 is 0 Å². The predicted octanol–water partition coefficient (Wildman–Crippen LogP) is 12.0. The maximum Gasteiger partial charge on any atom is 0.306 e. The Bertz CT molecular complexity index is 871. The van der Waals surface area contributed by atoms with E-state index in [1.807, 2.05) is 0 Å². The van der Waals surface area contributed by atoms with E-state index >= 15 is 0 Å². The van der Waals surface area contributed by atoms with Gasteiger partial charge in [-0.2, -0.15) is 0 Å². The van der Waals surface area contributed by atoms with Crippen molar-refractivity contribution in [1.82, 2.24) is 0 Å². The van der Waals surface area contributed by atoms with Gasteiger partial charge in [0.15, 0.2) is 6.10 Å². The second-order valence-corrected chi connectivity index (χ2v) is 12.8. The van der Waals surface area contributed by atoms with Crippen LogP contribution in [0.4, 0.5) is 0 Å². The quantitative estimate of drug-likeness (QED) is 0.0293. The molecule has 6 heteroatoms. The molecule has 0 saturated carbocycles. The fourth-order valence-corrected chi connectivity index (χ4v) is 5.09. The van der Waals surface area contributed by atoms with Gasteiger partial charge < -0.3 is 14.2 Å². The molecular formula is C42H72O6. The van der Waals surface area contributed by atoms with Crippen LogP contribution in [0.3, 0.4) is 0 Å². The first-order valence-electron chi connectivity index (χ1n) is 19.6. The number of allylic oxidation sites excluding steroid dienone is 8. The topological polar surface area (TPSA) is 78.9 Å². The predicted molar refractivity (Wildman–Crippen MR) is 201 cm³/mol. The molecule has 0 spiro atoms. The highest BCUT2D eigenvalue weighted by Gasteiger charge is 2.19. The van der Waals surface area contributed by atoms with Gasteiger partial charge in [0.05, 0.1) is 0 Å². The first-order chi connectivity index (χ1) is 23.5. The molecule has 0 aliphatic carbocycles.